The molecule has 0 saturated carbocycles. The van der Waals surface area contributed by atoms with E-state index >= 15 is 0 Å². The number of esters is 1. The van der Waals surface area contributed by atoms with Crippen LogP contribution < -0.4 is 16.0 Å². The Morgan fingerprint density at radius 3 is 2.00 bits per heavy atom. The van der Waals surface area contributed by atoms with Gasteiger partial charge in [-0.05, 0) is 30.5 Å². The van der Waals surface area contributed by atoms with E-state index in [1.165, 1.54) is 7.11 Å². The average Bonchev–Trinajstić information content (AvgIpc) is 3.34. The maximum atomic E-state index is 13.2. The lowest BCUT2D eigenvalue weighted by Gasteiger charge is -2.24. The van der Waals surface area contributed by atoms with Gasteiger partial charge >= 0.3 is 5.97 Å². The number of amides is 2. The van der Waals surface area contributed by atoms with Gasteiger partial charge in [0.05, 0.1) is 13.2 Å². The Morgan fingerprint density at radius 2 is 1.50 bits per heavy atom. The zero-order chi connectivity index (χ0) is 22.1. The number of benzene rings is 2. The number of ether oxygens (including phenoxy) is 1. The number of rotatable bonds is 9. The van der Waals surface area contributed by atoms with E-state index in [9.17, 15) is 14.4 Å². The second kappa shape index (κ2) is 12.8. The second-order valence-corrected chi connectivity index (χ2v) is 7.67. The molecule has 1 heterocycles. The molecule has 3 N–H and O–H groups in total. The SMILES string of the molecule is COC(=O)[C@H](Cc1ccccc1)NC(=O)[C@H](Cc1ccccc1)NC(=O)[C@@H]1CCCN1.Cl. The van der Waals surface area contributed by atoms with Crippen molar-refractivity contribution < 1.29 is 19.1 Å². The Morgan fingerprint density at radius 1 is 0.938 bits per heavy atom. The highest BCUT2D eigenvalue weighted by Crippen LogP contribution is 2.09. The van der Waals surface area contributed by atoms with Crippen molar-refractivity contribution in [3.05, 3.63) is 71.8 Å². The molecular formula is C24H30ClN3O4. The number of nitrogens with one attached hydrogen (secondary N) is 3. The van der Waals surface area contributed by atoms with Crippen molar-refractivity contribution >= 4 is 30.2 Å². The molecule has 7 nitrogen and oxygen atoms in total. The standard InChI is InChI=1S/C24H29N3O4.ClH/c1-31-24(30)21(16-18-11-6-3-7-12-18)27-23(29)20(15-17-9-4-2-5-10-17)26-22(28)19-13-8-14-25-19;/h2-7,9-12,19-21,25H,8,13-16H2,1H3,(H,26,28)(H,27,29);1H/t19-,20-,21-;/m0./s1. The highest BCUT2D eigenvalue weighted by Gasteiger charge is 2.30. The summed E-state index contributed by atoms with van der Waals surface area (Å²) in [5.74, 6) is -1.15. The van der Waals surface area contributed by atoms with Gasteiger partial charge in [0.1, 0.15) is 12.1 Å². The summed E-state index contributed by atoms with van der Waals surface area (Å²) in [6.07, 6.45) is 2.29. The molecule has 1 aliphatic heterocycles. The summed E-state index contributed by atoms with van der Waals surface area (Å²) in [5.41, 5.74) is 1.82. The van der Waals surface area contributed by atoms with Crippen molar-refractivity contribution in [3.63, 3.8) is 0 Å². The molecule has 1 aliphatic rings. The van der Waals surface area contributed by atoms with E-state index in [0.29, 0.717) is 12.8 Å². The lowest BCUT2D eigenvalue weighted by atomic mass is 10.0. The Labute approximate surface area is 194 Å². The van der Waals surface area contributed by atoms with Crippen molar-refractivity contribution in [2.75, 3.05) is 13.7 Å². The number of carbonyl (C=O) groups excluding carboxylic acids is 3. The summed E-state index contributed by atoms with van der Waals surface area (Å²) in [5, 5.41) is 8.80. The molecule has 2 amide bonds. The predicted molar refractivity (Wildman–Crippen MR) is 124 cm³/mol. The van der Waals surface area contributed by atoms with E-state index in [1.807, 2.05) is 60.7 Å². The predicted octanol–water partition coefficient (Wildman–Crippen LogP) is 1.79. The van der Waals surface area contributed by atoms with Crippen LogP contribution in [0.1, 0.15) is 24.0 Å². The third kappa shape index (κ3) is 7.35. The van der Waals surface area contributed by atoms with E-state index < -0.39 is 24.0 Å². The number of methoxy groups -OCH3 is 1. The Bertz CT molecular complexity index is 873. The van der Waals surface area contributed by atoms with Crippen LogP contribution in [0.5, 0.6) is 0 Å². The fourth-order valence-electron chi connectivity index (χ4n) is 3.70. The summed E-state index contributed by atoms with van der Waals surface area (Å²) in [7, 11) is 1.29. The van der Waals surface area contributed by atoms with Gasteiger partial charge in [-0.3, -0.25) is 9.59 Å². The normalized spacial score (nSPS) is 16.8. The molecule has 1 fully saturated rings. The van der Waals surface area contributed by atoms with Gasteiger partial charge in [0.2, 0.25) is 11.8 Å². The van der Waals surface area contributed by atoms with E-state index in [1.54, 1.807) is 0 Å². The number of halogens is 1. The highest BCUT2D eigenvalue weighted by atomic mass is 35.5. The molecule has 8 heteroatoms. The first-order valence-corrected chi connectivity index (χ1v) is 10.6. The molecule has 1 saturated heterocycles. The third-order valence-corrected chi connectivity index (χ3v) is 5.38. The topological polar surface area (TPSA) is 96.5 Å². The van der Waals surface area contributed by atoms with Crippen LogP contribution >= 0.6 is 12.4 Å². The zero-order valence-corrected chi connectivity index (χ0v) is 18.9. The van der Waals surface area contributed by atoms with Crippen LogP contribution in [0.3, 0.4) is 0 Å². The molecule has 0 radical (unpaired) electrons. The molecule has 0 aliphatic carbocycles. The minimum atomic E-state index is -0.848. The van der Waals surface area contributed by atoms with Crippen LogP contribution in [0.4, 0.5) is 0 Å². The van der Waals surface area contributed by atoms with E-state index in [4.69, 9.17) is 4.74 Å². The summed E-state index contributed by atoms with van der Waals surface area (Å²) in [6.45, 7) is 0.787. The van der Waals surface area contributed by atoms with Crippen LogP contribution in [0, 0.1) is 0 Å². The highest BCUT2D eigenvalue weighted by molar-refractivity contribution is 5.92. The maximum Gasteiger partial charge on any atom is 0.328 e. The summed E-state index contributed by atoms with van der Waals surface area (Å²) in [4.78, 5) is 38.2. The Balaban J connectivity index is 0.00000363. The van der Waals surface area contributed by atoms with Crippen LogP contribution in [-0.4, -0.2) is 49.6 Å². The van der Waals surface area contributed by atoms with E-state index in [2.05, 4.69) is 16.0 Å². The Hall–Kier alpha value is -2.90. The fraction of sp³-hybridized carbons (Fsp3) is 0.375. The van der Waals surface area contributed by atoms with Crippen LogP contribution in [-0.2, 0) is 32.0 Å². The van der Waals surface area contributed by atoms with Crippen LogP contribution in [0.2, 0.25) is 0 Å². The van der Waals surface area contributed by atoms with Crippen LogP contribution in [0.15, 0.2) is 60.7 Å². The largest absolute Gasteiger partial charge is 0.467 e. The summed E-state index contributed by atoms with van der Waals surface area (Å²) < 4.78 is 4.89. The van der Waals surface area contributed by atoms with Crippen LogP contribution in [0.25, 0.3) is 0 Å². The van der Waals surface area contributed by atoms with Gasteiger partial charge in [-0.1, -0.05) is 60.7 Å². The molecule has 2 aromatic carbocycles. The molecule has 0 spiro atoms. The van der Waals surface area contributed by atoms with Gasteiger partial charge in [-0.2, -0.15) is 0 Å². The molecule has 0 aromatic heterocycles. The van der Waals surface area contributed by atoms with Crippen molar-refractivity contribution in [2.45, 2.75) is 43.8 Å². The third-order valence-electron chi connectivity index (χ3n) is 5.38. The molecule has 3 atom stereocenters. The summed E-state index contributed by atoms with van der Waals surface area (Å²) >= 11 is 0. The lowest BCUT2D eigenvalue weighted by Crippen LogP contribution is -2.55. The van der Waals surface area contributed by atoms with Gasteiger partial charge < -0.3 is 20.7 Å². The molecule has 0 bridgehead atoms. The number of carbonyl (C=O) groups is 3. The quantitative estimate of drug-likeness (QED) is 0.497. The lowest BCUT2D eigenvalue weighted by molar-refractivity contribution is -0.145. The molecule has 32 heavy (non-hydrogen) atoms. The maximum absolute atomic E-state index is 13.2. The molecule has 3 rings (SSSR count). The first-order chi connectivity index (χ1) is 15.1. The smallest absolute Gasteiger partial charge is 0.328 e. The van der Waals surface area contributed by atoms with Crippen molar-refractivity contribution in [3.8, 4) is 0 Å². The minimum absolute atomic E-state index is 0. The molecule has 172 valence electrons. The monoisotopic (exact) mass is 459 g/mol. The minimum Gasteiger partial charge on any atom is -0.467 e. The number of hydrogen-bond acceptors (Lipinski definition) is 5. The molecule has 2 aromatic rings. The van der Waals surface area contributed by atoms with Gasteiger partial charge in [-0.15, -0.1) is 12.4 Å². The fourth-order valence-corrected chi connectivity index (χ4v) is 3.70. The van der Waals surface area contributed by atoms with Crippen molar-refractivity contribution in [1.29, 1.82) is 0 Å². The van der Waals surface area contributed by atoms with Gasteiger partial charge in [-0.25, -0.2) is 4.79 Å². The average molecular weight is 460 g/mol. The van der Waals surface area contributed by atoms with Gasteiger partial charge in [0.25, 0.3) is 0 Å². The molecular weight excluding hydrogens is 430 g/mol. The first kappa shape index (κ1) is 25.4. The first-order valence-electron chi connectivity index (χ1n) is 10.6. The second-order valence-electron chi connectivity index (χ2n) is 7.67. The van der Waals surface area contributed by atoms with E-state index in [0.717, 1.165) is 30.5 Å². The van der Waals surface area contributed by atoms with Gasteiger partial charge in [0, 0.05) is 12.8 Å². The van der Waals surface area contributed by atoms with Crippen molar-refractivity contribution in [1.82, 2.24) is 16.0 Å². The number of hydrogen-bond donors (Lipinski definition) is 3. The van der Waals surface area contributed by atoms with E-state index in [-0.39, 0.29) is 24.4 Å². The summed E-state index contributed by atoms with van der Waals surface area (Å²) in [6, 6.07) is 16.9. The molecule has 0 unspecified atom stereocenters. The Kier molecular flexibility index (Phi) is 10.2. The van der Waals surface area contributed by atoms with Gasteiger partial charge in [0.15, 0.2) is 0 Å². The zero-order valence-electron chi connectivity index (χ0n) is 18.1. The van der Waals surface area contributed by atoms with Crippen molar-refractivity contribution in [2.24, 2.45) is 0 Å².